The van der Waals surface area contributed by atoms with Gasteiger partial charge in [0.15, 0.2) is 17.1 Å². The summed E-state index contributed by atoms with van der Waals surface area (Å²) in [6.45, 7) is 15.7. The van der Waals surface area contributed by atoms with Gasteiger partial charge in [-0.2, -0.15) is 0 Å². The molecule has 10 rings (SSSR count). The standard InChI is InChI=1S/C55H62ClN9O8/c1-4-55(71)41-29-45-51-35(30-65(45)53(69)40(41)32-72-54(55)70)28-38-39(46(66)17-14-42(38)59-51)31-62-24-26-64(27-25-62)49(67)9-7-5-6-8-34-20-22-63(23-21-34)48-19-16-44(60-61-48)52(68)58-36-10-12-37(13-11-36)73-47-18-15-43(57-3)50(56)33(47)2/h14-19,28-29,34,36-37,66,71H,4-13,20-27,30-32H2,1-2H3,(H,58,68)/t36?,37?,55-/m0/s1. The van der Waals surface area contributed by atoms with Crippen LogP contribution in [0.25, 0.3) is 27.1 Å². The van der Waals surface area contributed by atoms with Gasteiger partial charge in [-0.25, -0.2) is 14.6 Å². The number of benzene rings is 2. The van der Waals surface area contributed by atoms with Gasteiger partial charge in [0.05, 0.1) is 46.7 Å². The van der Waals surface area contributed by atoms with Crippen molar-refractivity contribution in [1.29, 1.82) is 0 Å². The Morgan fingerprint density at radius 3 is 2.47 bits per heavy atom. The lowest BCUT2D eigenvalue weighted by Crippen LogP contribution is -2.48. The fourth-order valence-electron chi connectivity index (χ4n) is 11.4. The zero-order valence-corrected chi connectivity index (χ0v) is 42.3. The van der Waals surface area contributed by atoms with E-state index in [-0.39, 0.29) is 66.0 Å². The SMILES string of the molecule is [C-]#[N+]c1ccc(OC2CCC(NC(=O)c3ccc(N4CCC(CCCCCC(=O)N5CCN(Cc6c(O)ccc7nc8c(cc67)Cn6c-8cc7c(c6=O)COC(=O)[C@]7(O)CC)CC5)CC4)nn3)CC2)c(C)c1Cl. The van der Waals surface area contributed by atoms with E-state index in [1.165, 1.54) is 0 Å². The van der Waals surface area contributed by atoms with Crippen LogP contribution < -0.4 is 20.5 Å². The van der Waals surface area contributed by atoms with Gasteiger partial charge in [0, 0.05) is 80.4 Å². The number of rotatable bonds is 14. The van der Waals surface area contributed by atoms with Gasteiger partial charge in [0.1, 0.15) is 18.1 Å². The lowest BCUT2D eigenvalue weighted by atomic mass is 9.86. The van der Waals surface area contributed by atoms with Crippen molar-refractivity contribution < 1.29 is 34.1 Å². The molecular formula is C55H62ClN9O8. The van der Waals surface area contributed by atoms with Gasteiger partial charge < -0.3 is 39.4 Å². The number of piperazine rings is 1. The summed E-state index contributed by atoms with van der Waals surface area (Å²) in [7, 11) is 0. The van der Waals surface area contributed by atoms with Gasteiger partial charge in [0.25, 0.3) is 11.5 Å². The summed E-state index contributed by atoms with van der Waals surface area (Å²) in [5, 5.41) is 35.4. The van der Waals surface area contributed by atoms with Crippen LogP contribution in [0, 0.1) is 19.4 Å². The van der Waals surface area contributed by atoms with E-state index >= 15 is 0 Å². The molecule has 3 aromatic heterocycles. The lowest BCUT2D eigenvalue weighted by Gasteiger charge is -2.35. The number of halogens is 1. The Morgan fingerprint density at radius 1 is 0.959 bits per heavy atom. The monoisotopic (exact) mass is 1010 g/mol. The van der Waals surface area contributed by atoms with Gasteiger partial charge in [0.2, 0.25) is 11.6 Å². The minimum Gasteiger partial charge on any atom is -0.508 e. The minimum atomic E-state index is -1.90. The number of phenolic OH excluding ortho intramolecular Hbond substituents is 1. The molecule has 0 bridgehead atoms. The third-order valence-electron chi connectivity index (χ3n) is 15.9. The Labute approximate surface area is 429 Å². The molecule has 4 aliphatic heterocycles. The molecule has 3 N–H and O–H groups in total. The summed E-state index contributed by atoms with van der Waals surface area (Å²) in [5.41, 5.74) is 3.19. The molecule has 1 saturated carbocycles. The van der Waals surface area contributed by atoms with E-state index in [9.17, 15) is 29.4 Å². The number of esters is 1. The first-order chi connectivity index (χ1) is 35.3. The smallest absolute Gasteiger partial charge is 0.343 e. The number of aliphatic hydroxyl groups is 1. The summed E-state index contributed by atoms with van der Waals surface area (Å²) < 4.78 is 13.1. The molecule has 5 aliphatic rings. The van der Waals surface area contributed by atoms with Crippen LogP contribution >= 0.6 is 11.6 Å². The molecular weight excluding hydrogens is 950 g/mol. The summed E-state index contributed by atoms with van der Waals surface area (Å²) in [6, 6.07) is 14.3. The number of cyclic esters (lactones) is 1. The number of aromatic hydroxyl groups is 1. The zero-order chi connectivity index (χ0) is 51.0. The fourth-order valence-corrected chi connectivity index (χ4v) is 11.6. The van der Waals surface area contributed by atoms with Crippen molar-refractivity contribution in [3.8, 4) is 22.9 Å². The number of hydrogen-bond donors (Lipinski definition) is 3. The van der Waals surface area contributed by atoms with Crippen LogP contribution in [0.1, 0.15) is 122 Å². The van der Waals surface area contributed by atoms with Crippen LogP contribution in [0.15, 0.2) is 53.3 Å². The number of nitrogens with zero attached hydrogens (tertiary/aromatic N) is 8. The van der Waals surface area contributed by atoms with Crippen LogP contribution in [0.2, 0.25) is 5.02 Å². The van der Waals surface area contributed by atoms with Crippen LogP contribution in [-0.4, -0.2) is 109 Å². The van der Waals surface area contributed by atoms with Crippen molar-refractivity contribution in [2.75, 3.05) is 44.2 Å². The second-order valence-corrected chi connectivity index (χ2v) is 20.8. The minimum absolute atomic E-state index is 0.0177. The average molecular weight is 1010 g/mol. The Hall–Kier alpha value is -6.61. The van der Waals surface area contributed by atoms with E-state index in [1.54, 1.807) is 47.9 Å². The summed E-state index contributed by atoms with van der Waals surface area (Å²) in [5.74, 6) is 1.48. The number of carbonyl (C=O) groups excluding carboxylic acids is 3. The molecule has 1 aliphatic carbocycles. The maximum atomic E-state index is 13.7. The summed E-state index contributed by atoms with van der Waals surface area (Å²) in [4.78, 5) is 67.5. The number of ether oxygens (including phenoxy) is 2. The molecule has 1 atom stereocenters. The second-order valence-electron chi connectivity index (χ2n) is 20.4. The molecule has 2 aromatic carbocycles. The first-order valence-electron chi connectivity index (χ1n) is 25.9. The lowest BCUT2D eigenvalue weighted by molar-refractivity contribution is -0.172. The molecule has 0 unspecified atom stereocenters. The fraction of sp³-hybridized carbons (Fsp3) is 0.491. The highest BCUT2D eigenvalue weighted by Gasteiger charge is 2.45. The predicted molar refractivity (Wildman–Crippen MR) is 275 cm³/mol. The van der Waals surface area contributed by atoms with Gasteiger partial charge in [-0.1, -0.05) is 43.9 Å². The largest absolute Gasteiger partial charge is 0.508 e. The zero-order valence-electron chi connectivity index (χ0n) is 41.5. The molecule has 17 nitrogen and oxygen atoms in total. The molecule has 2 saturated heterocycles. The van der Waals surface area contributed by atoms with E-state index in [4.69, 9.17) is 32.6 Å². The summed E-state index contributed by atoms with van der Waals surface area (Å²) in [6.07, 6.45) is 10.0. The predicted octanol–water partition coefficient (Wildman–Crippen LogP) is 7.72. The third-order valence-corrected chi connectivity index (χ3v) is 16.4. The van der Waals surface area contributed by atoms with Crippen LogP contribution in [0.3, 0.4) is 0 Å². The molecule has 18 heteroatoms. The molecule has 3 fully saturated rings. The Morgan fingerprint density at radius 2 is 1.74 bits per heavy atom. The Bertz CT molecular complexity index is 3040. The third kappa shape index (κ3) is 10.1. The molecule has 382 valence electrons. The topological polar surface area (TPSA) is 197 Å². The number of nitrogens with one attached hydrogen (secondary N) is 1. The van der Waals surface area contributed by atoms with Crippen molar-refractivity contribution in [3.63, 3.8) is 0 Å². The average Bonchev–Trinajstić information content (AvgIpc) is 3.78. The molecule has 5 aromatic rings. The van der Waals surface area contributed by atoms with E-state index in [0.29, 0.717) is 84.1 Å². The molecule has 2 amide bonds. The number of anilines is 1. The van der Waals surface area contributed by atoms with Crippen LogP contribution in [-0.2, 0) is 39.6 Å². The number of carbonyl (C=O) groups is 3. The van der Waals surface area contributed by atoms with E-state index < -0.39 is 11.6 Å². The molecule has 7 heterocycles. The highest BCUT2D eigenvalue weighted by atomic mass is 35.5. The number of fused-ring (bicyclic) bond motifs is 5. The highest BCUT2D eigenvalue weighted by Crippen LogP contribution is 2.41. The number of unbranched alkanes of at least 4 members (excludes halogenated alkanes) is 2. The van der Waals surface area contributed by atoms with Crippen molar-refractivity contribution in [3.05, 3.63) is 109 Å². The summed E-state index contributed by atoms with van der Waals surface area (Å²) >= 11 is 6.34. The molecule has 0 radical (unpaired) electrons. The molecule has 0 spiro atoms. The van der Waals surface area contributed by atoms with Gasteiger partial charge in [-0.15, -0.1) is 10.2 Å². The van der Waals surface area contributed by atoms with E-state index in [1.807, 2.05) is 24.0 Å². The van der Waals surface area contributed by atoms with Crippen molar-refractivity contribution in [2.24, 2.45) is 5.92 Å². The van der Waals surface area contributed by atoms with E-state index in [0.717, 1.165) is 105 Å². The van der Waals surface area contributed by atoms with Crippen molar-refractivity contribution in [1.82, 2.24) is 34.9 Å². The number of amides is 2. The Balaban J connectivity index is 0.624. The van der Waals surface area contributed by atoms with Crippen molar-refractivity contribution in [2.45, 2.75) is 128 Å². The number of piperidine rings is 1. The first-order valence-corrected chi connectivity index (χ1v) is 26.2. The van der Waals surface area contributed by atoms with Gasteiger partial charge >= 0.3 is 5.97 Å². The van der Waals surface area contributed by atoms with Crippen molar-refractivity contribution >= 4 is 51.8 Å². The van der Waals surface area contributed by atoms with Crippen LogP contribution in [0.4, 0.5) is 11.5 Å². The maximum Gasteiger partial charge on any atom is 0.343 e. The second kappa shape index (κ2) is 21.1. The van der Waals surface area contributed by atoms with E-state index in [2.05, 4.69) is 30.2 Å². The highest BCUT2D eigenvalue weighted by molar-refractivity contribution is 6.34. The first kappa shape index (κ1) is 49.9. The number of phenols is 1. The Kier molecular flexibility index (Phi) is 14.4. The number of aromatic nitrogens is 4. The van der Waals surface area contributed by atoms with Crippen LogP contribution in [0.5, 0.6) is 11.5 Å². The van der Waals surface area contributed by atoms with Gasteiger partial charge in [-0.05, 0) is 112 Å². The molecule has 73 heavy (non-hydrogen) atoms. The maximum absolute atomic E-state index is 13.7. The normalized spacial score (nSPS) is 21.0. The number of pyridine rings is 2. The quantitative estimate of drug-likeness (QED) is 0.0546. The van der Waals surface area contributed by atoms with Gasteiger partial charge in [-0.3, -0.25) is 19.3 Å². The number of hydrogen-bond acceptors (Lipinski definition) is 13.